The van der Waals surface area contributed by atoms with E-state index in [4.69, 9.17) is 0 Å². The Morgan fingerprint density at radius 2 is 1.65 bits per heavy atom. The van der Waals surface area contributed by atoms with Gasteiger partial charge >= 0.3 is 0 Å². The number of rotatable bonds is 0. The third kappa shape index (κ3) is 1.08. The maximum absolute atomic E-state index is 3.28. The third-order valence-electron chi connectivity index (χ3n) is 4.57. The van der Waals surface area contributed by atoms with Crippen molar-refractivity contribution >= 4 is 0 Å². The Kier molecular flexibility index (Phi) is 1.80. The molecule has 0 aliphatic heterocycles. The first kappa shape index (κ1) is 9.47. The van der Waals surface area contributed by atoms with Crippen LogP contribution in [0.1, 0.15) is 36.8 Å². The third-order valence-corrected chi connectivity index (χ3v) is 4.57. The zero-order chi connectivity index (χ0) is 11.3. The largest absolute Gasteiger partial charge is 0.0619 e. The van der Waals surface area contributed by atoms with Gasteiger partial charge in [0.05, 0.1) is 0 Å². The molecule has 1 fully saturated rings. The number of hydrogen-bond acceptors (Lipinski definition) is 0. The summed E-state index contributed by atoms with van der Waals surface area (Å²) in [4.78, 5) is 0. The van der Waals surface area contributed by atoms with E-state index in [1.54, 1.807) is 5.56 Å². The summed E-state index contributed by atoms with van der Waals surface area (Å²) in [6.45, 7) is 0. The predicted molar refractivity (Wildman–Crippen MR) is 70.0 cm³/mol. The van der Waals surface area contributed by atoms with Crippen molar-refractivity contribution in [2.75, 3.05) is 0 Å². The van der Waals surface area contributed by atoms with E-state index in [-0.39, 0.29) is 0 Å². The fourth-order valence-electron chi connectivity index (χ4n) is 3.86. The van der Waals surface area contributed by atoms with E-state index >= 15 is 0 Å². The zero-order valence-electron chi connectivity index (χ0n) is 9.87. The van der Waals surface area contributed by atoms with Gasteiger partial charge in [-0.25, -0.2) is 0 Å². The number of benzene rings is 2. The van der Waals surface area contributed by atoms with E-state index in [0.29, 0.717) is 5.41 Å². The molecule has 0 aromatic heterocycles. The van der Waals surface area contributed by atoms with Crippen molar-refractivity contribution in [1.82, 2.24) is 0 Å². The van der Waals surface area contributed by atoms with Crippen molar-refractivity contribution in [2.24, 2.45) is 0 Å². The molecule has 0 atom stereocenters. The van der Waals surface area contributed by atoms with E-state index in [9.17, 15) is 0 Å². The second-order valence-electron chi connectivity index (χ2n) is 5.31. The second-order valence-corrected chi connectivity index (χ2v) is 5.31. The summed E-state index contributed by atoms with van der Waals surface area (Å²) in [6.07, 6.45) is 5.36. The van der Waals surface area contributed by atoms with Crippen molar-refractivity contribution in [3.8, 4) is 11.1 Å². The first-order chi connectivity index (χ1) is 8.42. The molecular weight excluding hydrogens is 204 g/mol. The van der Waals surface area contributed by atoms with Crippen LogP contribution in [0.4, 0.5) is 0 Å². The van der Waals surface area contributed by atoms with E-state index in [2.05, 4.69) is 42.5 Å². The maximum Gasteiger partial charge on any atom is 0.0215 e. The highest BCUT2D eigenvalue weighted by Crippen LogP contribution is 2.56. The standard InChI is InChI=1S/C17H15/c1-3-9-15-13(7-1)14-8-2-4-10-16(14)17(15)11-5-6-12-17/h1-3,7-10H,5-6,11-12H2. The Hall–Kier alpha value is -1.56. The van der Waals surface area contributed by atoms with E-state index in [1.807, 2.05) is 6.07 Å². The maximum atomic E-state index is 3.28. The molecule has 2 aliphatic carbocycles. The van der Waals surface area contributed by atoms with Gasteiger partial charge in [-0.2, -0.15) is 0 Å². The predicted octanol–water partition coefficient (Wildman–Crippen LogP) is 4.33. The smallest absolute Gasteiger partial charge is 0.0215 e. The van der Waals surface area contributed by atoms with Gasteiger partial charge in [-0.05, 0) is 47.2 Å². The van der Waals surface area contributed by atoms with Crippen LogP contribution in [-0.4, -0.2) is 0 Å². The molecule has 0 nitrogen and oxygen atoms in total. The van der Waals surface area contributed by atoms with Crippen LogP contribution in [0.5, 0.6) is 0 Å². The summed E-state index contributed by atoms with van der Waals surface area (Å²) < 4.78 is 0. The summed E-state index contributed by atoms with van der Waals surface area (Å²) in [5.41, 5.74) is 6.31. The molecular formula is C17H15. The van der Waals surface area contributed by atoms with Crippen LogP contribution in [0.15, 0.2) is 42.5 Å². The minimum Gasteiger partial charge on any atom is -0.0619 e. The van der Waals surface area contributed by atoms with Gasteiger partial charge in [0, 0.05) is 5.41 Å². The Labute approximate surface area is 102 Å². The van der Waals surface area contributed by atoms with Crippen molar-refractivity contribution < 1.29 is 0 Å². The summed E-state index contributed by atoms with van der Waals surface area (Å²) >= 11 is 0. The molecule has 2 aliphatic rings. The Morgan fingerprint density at radius 3 is 2.53 bits per heavy atom. The van der Waals surface area contributed by atoms with E-state index in [1.165, 1.54) is 42.4 Å². The fourth-order valence-corrected chi connectivity index (χ4v) is 3.86. The molecule has 83 valence electrons. The summed E-state index contributed by atoms with van der Waals surface area (Å²) in [5.74, 6) is 0. The molecule has 4 rings (SSSR count). The first-order valence-electron chi connectivity index (χ1n) is 6.52. The van der Waals surface area contributed by atoms with Crippen LogP contribution in [-0.2, 0) is 5.41 Å². The molecule has 0 heterocycles. The van der Waals surface area contributed by atoms with Gasteiger partial charge in [0.1, 0.15) is 0 Å². The Balaban J connectivity index is 2.09. The highest BCUT2D eigenvalue weighted by molar-refractivity contribution is 5.81. The lowest BCUT2D eigenvalue weighted by Crippen LogP contribution is -2.20. The first-order valence-corrected chi connectivity index (χ1v) is 6.52. The van der Waals surface area contributed by atoms with Crippen LogP contribution >= 0.6 is 0 Å². The van der Waals surface area contributed by atoms with Gasteiger partial charge in [0.25, 0.3) is 0 Å². The molecule has 2 aromatic rings. The molecule has 2 aromatic carbocycles. The minimum atomic E-state index is 0.323. The molecule has 0 N–H and O–H groups in total. The van der Waals surface area contributed by atoms with Gasteiger partial charge in [-0.1, -0.05) is 49.2 Å². The van der Waals surface area contributed by atoms with Crippen LogP contribution in [0.2, 0.25) is 0 Å². The molecule has 0 bridgehead atoms. The van der Waals surface area contributed by atoms with Crippen LogP contribution in [0.3, 0.4) is 0 Å². The van der Waals surface area contributed by atoms with Gasteiger partial charge in [0.15, 0.2) is 0 Å². The quantitative estimate of drug-likeness (QED) is 0.618. The Bertz CT molecular complexity index is 527. The van der Waals surface area contributed by atoms with Crippen molar-refractivity contribution in [3.63, 3.8) is 0 Å². The second kappa shape index (κ2) is 3.22. The average Bonchev–Trinajstić information content (AvgIpc) is 2.98. The summed E-state index contributed by atoms with van der Waals surface area (Å²) in [6, 6.07) is 18.7. The molecule has 1 spiro atoms. The SMILES string of the molecule is [c]1ccc2c(c1)C1(CCCC1)c1ccccc1-2. The normalized spacial score (nSPS) is 19.3. The molecule has 0 heteroatoms. The van der Waals surface area contributed by atoms with Crippen LogP contribution < -0.4 is 0 Å². The highest BCUT2D eigenvalue weighted by Gasteiger charge is 2.44. The molecule has 1 radical (unpaired) electrons. The van der Waals surface area contributed by atoms with Crippen LogP contribution in [0, 0.1) is 6.07 Å². The van der Waals surface area contributed by atoms with Crippen LogP contribution in [0.25, 0.3) is 11.1 Å². The highest BCUT2D eigenvalue weighted by atomic mass is 14.5. The molecule has 1 saturated carbocycles. The fraction of sp³-hybridized carbons (Fsp3) is 0.294. The Morgan fingerprint density at radius 1 is 0.882 bits per heavy atom. The van der Waals surface area contributed by atoms with Gasteiger partial charge in [-0.3, -0.25) is 0 Å². The van der Waals surface area contributed by atoms with E-state index in [0.717, 1.165) is 0 Å². The van der Waals surface area contributed by atoms with Gasteiger partial charge in [0.2, 0.25) is 0 Å². The monoisotopic (exact) mass is 219 g/mol. The van der Waals surface area contributed by atoms with Gasteiger partial charge in [-0.15, -0.1) is 0 Å². The van der Waals surface area contributed by atoms with Gasteiger partial charge < -0.3 is 0 Å². The minimum absolute atomic E-state index is 0.323. The molecule has 0 amide bonds. The lowest BCUT2D eigenvalue weighted by molar-refractivity contribution is 0.550. The molecule has 17 heavy (non-hydrogen) atoms. The topological polar surface area (TPSA) is 0 Å². The molecule has 0 saturated heterocycles. The number of fused-ring (bicyclic) bond motifs is 5. The summed E-state index contributed by atoms with van der Waals surface area (Å²) in [7, 11) is 0. The van der Waals surface area contributed by atoms with E-state index < -0.39 is 0 Å². The lowest BCUT2D eigenvalue weighted by Gasteiger charge is -2.26. The summed E-state index contributed by atoms with van der Waals surface area (Å²) in [5, 5.41) is 0. The van der Waals surface area contributed by atoms with Crippen molar-refractivity contribution in [1.29, 1.82) is 0 Å². The lowest BCUT2D eigenvalue weighted by atomic mass is 9.77. The molecule has 0 unspecified atom stereocenters. The average molecular weight is 219 g/mol. The zero-order valence-corrected chi connectivity index (χ0v) is 9.87. The van der Waals surface area contributed by atoms with Crippen molar-refractivity contribution in [3.05, 3.63) is 59.7 Å². The van der Waals surface area contributed by atoms with Crippen molar-refractivity contribution in [2.45, 2.75) is 31.1 Å². The number of hydrogen-bond donors (Lipinski definition) is 0.